The third-order valence-electron chi connectivity index (χ3n) is 1.43. The van der Waals surface area contributed by atoms with Crippen molar-refractivity contribution in [1.29, 1.82) is 0 Å². The zero-order chi connectivity index (χ0) is 10.3. The van der Waals surface area contributed by atoms with Crippen LogP contribution in [0.2, 0.25) is 0 Å². The molecular weight excluding hydrogens is 372 g/mol. The van der Waals surface area contributed by atoms with Gasteiger partial charge in [-0.15, -0.1) is 0 Å². The smallest absolute Gasteiger partial charge is 0.287 e. The Kier molecular flexibility index (Phi) is 3.82. The number of rotatable bonds is 1. The Hall–Kier alpha value is 1.26. The quantitative estimate of drug-likeness (QED) is 0.715. The molecule has 1 aliphatic heterocycles. The highest BCUT2D eigenvalue weighted by atomic mass is 79.9. The van der Waals surface area contributed by atoms with Gasteiger partial charge in [-0.2, -0.15) is 0 Å². The van der Waals surface area contributed by atoms with Gasteiger partial charge in [0.25, 0.3) is 9.58 Å². The summed E-state index contributed by atoms with van der Waals surface area (Å²) >= 11 is 22.9. The van der Waals surface area contributed by atoms with Crippen LogP contribution < -0.4 is 0 Å². The first kappa shape index (κ1) is 12.3. The Labute approximate surface area is 107 Å². The number of nitrogens with zero attached hydrogens (tertiary/aromatic N) is 1. The van der Waals surface area contributed by atoms with E-state index in [4.69, 9.17) is 34.8 Å². The standard InChI is InChI=1S/C5H4Br2Cl3NO2/c6-3(7)2-1-4(12,13-11-2)5(8,9)10/h3,12H,1H2. The van der Waals surface area contributed by atoms with Crippen LogP contribution in [0.3, 0.4) is 0 Å². The Morgan fingerprint density at radius 3 is 2.31 bits per heavy atom. The Morgan fingerprint density at radius 2 is 2.08 bits per heavy atom. The second-order valence-corrected chi connectivity index (χ2v) is 7.77. The van der Waals surface area contributed by atoms with Crippen molar-refractivity contribution in [2.45, 2.75) is 19.7 Å². The molecule has 1 rings (SSSR count). The van der Waals surface area contributed by atoms with Gasteiger partial charge in [-0.05, 0) is 0 Å². The lowest BCUT2D eigenvalue weighted by Crippen LogP contribution is -2.43. The molecule has 1 N–H and O–H groups in total. The zero-order valence-electron chi connectivity index (χ0n) is 5.98. The van der Waals surface area contributed by atoms with Gasteiger partial charge in [0.15, 0.2) is 0 Å². The Bertz CT molecular complexity index is 242. The molecule has 8 heteroatoms. The Balaban J connectivity index is 2.73. The summed E-state index contributed by atoms with van der Waals surface area (Å²) in [5.41, 5.74) is 0.522. The van der Waals surface area contributed by atoms with Gasteiger partial charge in [-0.25, -0.2) is 0 Å². The van der Waals surface area contributed by atoms with Crippen LogP contribution in [0.25, 0.3) is 0 Å². The predicted molar refractivity (Wildman–Crippen MR) is 60.0 cm³/mol. The molecule has 0 saturated carbocycles. The van der Waals surface area contributed by atoms with Crippen LogP contribution in [0.1, 0.15) is 6.42 Å². The van der Waals surface area contributed by atoms with Crippen LogP contribution in [0.5, 0.6) is 0 Å². The summed E-state index contributed by atoms with van der Waals surface area (Å²) in [4.78, 5) is 4.67. The molecule has 0 aromatic rings. The molecule has 0 spiro atoms. The summed E-state index contributed by atoms with van der Waals surface area (Å²) in [6, 6.07) is 0. The summed E-state index contributed by atoms with van der Waals surface area (Å²) in [7, 11) is 0. The van der Waals surface area contributed by atoms with Crippen LogP contribution >= 0.6 is 66.7 Å². The Morgan fingerprint density at radius 1 is 1.54 bits per heavy atom. The van der Waals surface area contributed by atoms with Crippen molar-refractivity contribution in [3.63, 3.8) is 0 Å². The van der Waals surface area contributed by atoms with Crippen LogP contribution in [0, 0.1) is 0 Å². The zero-order valence-corrected chi connectivity index (χ0v) is 11.4. The lowest BCUT2D eigenvalue weighted by molar-refractivity contribution is -0.181. The molecule has 0 aromatic heterocycles. The van der Waals surface area contributed by atoms with Gasteiger partial charge in [0, 0.05) is 0 Å². The highest BCUT2D eigenvalue weighted by Gasteiger charge is 2.54. The molecule has 0 amide bonds. The molecule has 3 nitrogen and oxygen atoms in total. The fraction of sp³-hybridized carbons (Fsp3) is 0.800. The van der Waals surface area contributed by atoms with E-state index in [0.29, 0.717) is 5.71 Å². The molecule has 0 bridgehead atoms. The van der Waals surface area contributed by atoms with Crippen molar-refractivity contribution in [3.05, 3.63) is 0 Å². The lowest BCUT2D eigenvalue weighted by Gasteiger charge is -2.26. The van der Waals surface area contributed by atoms with Crippen molar-refractivity contribution < 1.29 is 9.94 Å². The first-order chi connectivity index (χ1) is 5.76. The van der Waals surface area contributed by atoms with E-state index in [-0.39, 0.29) is 10.2 Å². The van der Waals surface area contributed by atoms with Crippen molar-refractivity contribution in [2.24, 2.45) is 5.16 Å². The first-order valence-corrected chi connectivity index (χ1v) is 6.05. The van der Waals surface area contributed by atoms with E-state index in [1.807, 2.05) is 0 Å². The van der Waals surface area contributed by atoms with Crippen LogP contribution in [0.4, 0.5) is 0 Å². The fourth-order valence-corrected chi connectivity index (χ4v) is 1.51. The monoisotopic (exact) mass is 373 g/mol. The number of oxime groups is 1. The van der Waals surface area contributed by atoms with Gasteiger partial charge < -0.3 is 9.94 Å². The largest absolute Gasteiger partial charge is 0.355 e. The summed E-state index contributed by atoms with van der Waals surface area (Å²) in [6.07, 6.45) is 0.0324. The van der Waals surface area contributed by atoms with Crippen molar-refractivity contribution in [1.82, 2.24) is 0 Å². The second kappa shape index (κ2) is 4.02. The lowest BCUT2D eigenvalue weighted by atomic mass is 10.2. The molecule has 1 unspecified atom stereocenters. The molecule has 1 atom stereocenters. The summed E-state index contributed by atoms with van der Waals surface area (Å²) in [5.74, 6) is -1.88. The minimum atomic E-state index is -1.92. The maximum Gasteiger partial charge on any atom is 0.287 e. The van der Waals surface area contributed by atoms with Gasteiger partial charge in [-0.3, -0.25) is 0 Å². The van der Waals surface area contributed by atoms with E-state index in [2.05, 4.69) is 41.9 Å². The average Bonchev–Trinajstić information content (AvgIpc) is 2.31. The van der Waals surface area contributed by atoms with Gasteiger partial charge in [0.05, 0.1) is 12.1 Å². The third kappa shape index (κ3) is 2.63. The molecule has 0 fully saturated rings. The fourth-order valence-electron chi connectivity index (χ4n) is 0.713. The average molecular weight is 376 g/mol. The molecule has 1 heterocycles. The minimum Gasteiger partial charge on any atom is -0.355 e. The van der Waals surface area contributed by atoms with Gasteiger partial charge in [0.1, 0.15) is 3.74 Å². The van der Waals surface area contributed by atoms with Gasteiger partial charge >= 0.3 is 0 Å². The van der Waals surface area contributed by atoms with Crippen molar-refractivity contribution >= 4 is 72.4 Å². The maximum atomic E-state index is 9.67. The van der Waals surface area contributed by atoms with Crippen LogP contribution in [-0.2, 0) is 4.84 Å². The summed E-state index contributed by atoms with van der Waals surface area (Å²) in [6.45, 7) is 0. The van der Waals surface area contributed by atoms with Crippen molar-refractivity contribution in [2.75, 3.05) is 0 Å². The normalized spacial score (nSPS) is 29.0. The van der Waals surface area contributed by atoms with E-state index in [0.717, 1.165) is 0 Å². The molecule has 0 radical (unpaired) electrons. The van der Waals surface area contributed by atoms with Gasteiger partial charge in [0.2, 0.25) is 0 Å². The van der Waals surface area contributed by atoms with Crippen molar-refractivity contribution in [3.8, 4) is 0 Å². The van der Waals surface area contributed by atoms with E-state index < -0.39 is 9.58 Å². The van der Waals surface area contributed by atoms with Crippen LogP contribution in [0.15, 0.2) is 5.16 Å². The SMILES string of the molecule is OC1(C(Cl)(Cl)Cl)CC(C(Br)Br)=NO1. The predicted octanol–water partition coefficient (Wildman–Crippen LogP) is 2.94. The highest BCUT2D eigenvalue weighted by molar-refractivity contribution is 9.25. The van der Waals surface area contributed by atoms with E-state index in [1.54, 1.807) is 0 Å². The molecule has 13 heavy (non-hydrogen) atoms. The van der Waals surface area contributed by atoms with Gasteiger partial charge in [-0.1, -0.05) is 71.8 Å². The van der Waals surface area contributed by atoms with E-state index in [1.165, 1.54) is 0 Å². The first-order valence-electron chi connectivity index (χ1n) is 3.08. The summed E-state index contributed by atoms with van der Waals surface area (Å²) in [5, 5.41) is 13.2. The number of hydrogen-bond acceptors (Lipinski definition) is 3. The molecule has 0 saturated heterocycles. The highest BCUT2D eigenvalue weighted by Crippen LogP contribution is 2.44. The molecule has 76 valence electrons. The number of aliphatic hydroxyl groups is 1. The third-order valence-corrected chi connectivity index (χ3v) is 3.37. The summed E-state index contributed by atoms with van der Waals surface area (Å²) < 4.78 is -2.13. The number of alkyl halides is 5. The second-order valence-electron chi connectivity index (χ2n) is 2.43. The van der Waals surface area contributed by atoms with Crippen LogP contribution in [-0.4, -0.2) is 24.1 Å². The maximum absolute atomic E-state index is 9.67. The number of halogens is 5. The minimum absolute atomic E-state index is 0.0324. The number of hydrogen-bond donors (Lipinski definition) is 1. The molecule has 0 aliphatic carbocycles. The van der Waals surface area contributed by atoms with E-state index in [9.17, 15) is 5.11 Å². The topological polar surface area (TPSA) is 41.8 Å². The van der Waals surface area contributed by atoms with E-state index >= 15 is 0 Å². The molecule has 0 aromatic carbocycles. The molecular formula is C5H4Br2Cl3NO2. The molecule has 1 aliphatic rings.